The van der Waals surface area contributed by atoms with Gasteiger partial charge in [0.15, 0.2) is 11.6 Å². The summed E-state index contributed by atoms with van der Waals surface area (Å²) in [4.78, 5) is 20.9. The van der Waals surface area contributed by atoms with Crippen LogP contribution in [0.15, 0.2) is 54.6 Å². The average molecular weight is 536 g/mol. The minimum absolute atomic E-state index is 0.108. The van der Waals surface area contributed by atoms with E-state index in [9.17, 15) is 18.7 Å². The number of nitrogens with one attached hydrogen (secondary N) is 1. The molecule has 1 aliphatic heterocycles. The van der Waals surface area contributed by atoms with Gasteiger partial charge in [-0.3, -0.25) is 10.1 Å². The molecule has 3 aromatic rings. The van der Waals surface area contributed by atoms with Crippen molar-refractivity contribution in [1.29, 1.82) is 0 Å². The van der Waals surface area contributed by atoms with E-state index in [4.69, 9.17) is 19.8 Å². The molecule has 204 valence electrons. The van der Waals surface area contributed by atoms with Crippen molar-refractivity contribution in [2.45, 2.75) is 63.1 Å². The van der Waals surface area contributed by atoms with Crippen molar-refractivity contribution in [2.24, 2.45) is 0 Å². The van der Waals surface area contributed by atoms with Gasteiger partial charge in [0.2, 0.25) is 0 Å². The number of unbranched alkanes of at least 4 members (excludes halogenated alkanes) is 1. The van der Waals surface area contributed by atoms with Gasteiger partial charge in [-0.15, -0.1) is 0 Å². The van der Waals surface area contributed by atoms with Crippen LogP contribution < -0.4 is 10.1 Å². The van der Waals surface area contributed by atoms with Gasteiger partial charge in [-0.2, -0.15) is 0 Å². The summed E-state index contributed by atoms with van der Waals surface area (Å²) in [6.45, 7) is 0.310. The number of benzene rings is 2. The van der Waals surface area contributed by atoms with Crippen molar-refractivity contribution in [1.82, 2.24) is 15.3 Å². The standard InChI is InChI=1S/C30H31F2N3O4/c31-21-16-20-23(13-14-39-27(20)17-22(21)32)35-30(38)19-11-12-24-26(15-19)33-25(9-5-6-10-28(36)37)29(34-24)18-7-3-1-2-4-8-18/h1-3,7,11-12,15-18,23,30,35,38H,4-6,8-10,13-14H2,(H,36,37). The number of aromatic nitrogens is 2. The number of allylic oxidation sites excluding steroid dienone is 4. The van der Waals surface area contributed by atoms with Crippen LogP contribution in [0.1, 0.15) is 79.2 Å². The van der Waals surface area contributed by atoms with Gasteiger partial charge in [-0.1, -0.05) is 30.4 Å². The quantitative estimate of drug-likeness (QED) is 0.235. The molecule has 3 N–H and O–H groups in total. The highest BCUT2D eigenvalue weighted by atomic mass is 19.2. The van der Waals surface area contributed by atoms with E-state index < -0.39 is 29.9 Å². The second-order valence-electron chi connectivity index (χ2n) is 9.96. The predicted molar refractivity (Wildman–Crippen MR) is 142 cm³/mol. The summed E-state index contributed by atoms with van der Waals surface area (Å²) in [5.74, 6) is -2.39. The van der Waals surface area contributed by atoms with Gasteiger partial charge in [-0.25, -0.2) is 18.7 Å². The number of aliphatic hydroxyl groups excluding tert-OH is 1. The second-order valence-corrected chi connectivity index (χ2v) is 9.96. The molecule has 9 heteroatoms. The molecule has 3 atom stereocenters. The molecule has 0 radical (unpaired) electrons. The first-order chi connectivity index (χ1) is 18.9. The molecule has 7 nitrogen and oxygen atoms in total. The Morgan fingerprint density at radius 2 is 1.92 bits per heavy atom. The van der Waals surface area contributed by atoms with Crippen LogP contribution >= 0.6 is 0 Å². The molecule has 0 spiro atoms. The Balaban J connectivity index is 1.41. The van der Waals surface area contributed by atoms with E-state index in [1.807, 2.05) is 18.2 Å². The summed E-state index contributed by atoms with van der Waals surface area (Å²) in [6, 6.07) is 7.10. The van der Waals surface area contributed by atoms with Gasteiger partial charge in [0, 0.05) is 36.4 Å². The third-order valence-electron chi connectivity index (χ3n) is 7.20. The van der Waals surface area contributed by atoms with Crippen molar-refractivity contribution in [3.63, 3.8) is 0 Å². The first-order valence-corrected chi connectivity index (χ1v) is 13.3. The number of halogens is 2. The van der Waals surface area contributed by atoms with Gasteiger partial charge >= 0.3 is 5.97 Å². The van der Waals surface area contributed by atoms with Crippen LogP contribution in [0.2, 0.25) is 0 Å². The Morgan fingerprint density at radius 1 is 1.08 bits per heavy atom. The van der Waals surface area contributed by atoms with Crippen molar-refractivity contribution in [3.8, 4) is 5.75 Å². The Kier molecular flexibility index (Phi) is 8.28. The third-order valence-corrected chi connectivity index (χ3v) is 7.20. The molecule has 3 unspecified atom stereocenters. The van der Waals surface area contributed by atoms with Crippen molar-refractivity contribution in [3.05, 3.63) is 88.8 Å². The lowest BCUT2D eigenvalue weighted by Crippen LogP contribution is -2.30. The fourth-order valence-electron chi connectivity index (χ4n) is 5.16. The molecule has 2 aliphatic rings. The third kappa shape index (κ3) is 6.32. The first kappa shape index (κ1) is 26.9. The number of carbonyl (C=O) groups is 1. The molecule has 5 rings (SSSR count). The molecule has 1 aliphatic carbocycles. The molecular weight excluding hydrogens is 504 g/mol. The maximum absolute atomic E-state index is 13.9. The van der Waals surface area contributed by atoms with E-state index in [1.165, 1.54) is 0 Å². The van der Waals surface area contributed by atoms with E-state index in [1.54, 1.807) is 12.1 Å². The summed E-state index contributed by atoms with van der Waals surface area (Å²) < 4.78 is 33.1. The van der Waals surface area contributed by atoms with E-state index in [0.717, 1.165) is 36.4 Å². The molecule has 39 heavy (non-hydrogen) atoms. The van der Waals surface area contributed by atoms with Gasteiger partial charge in [0.1, 0.15) is 12.0 Å². The fraction of sp³-hybridized carbons (Fsp3) is 0.367. The second kappa shape index (κ2) is 12.0. The molecule has 0 saturated carbocycles. The molecule has 2 aromatic carbocycles. The smallest absolute Gasteiger partial charge is 0.303 e. The minimum atomic E-state index is -1.09. The van der Waals surface area contributed by atoms with Gasteiger partial charge in [0.25, 0.3) is 0 Å². The highest BCUT2D eigenvalue weighted by Gasteiger charge is 2.26. The molecule has 0 fully saturated rings. The molecule has 0 amide bonds. The maximum atomic E-state index is 13.9. The topological polar surface area (TPSA) is 105 Å². The van der Waals surface area contributed by atoms with Crippen molar-refractivity contribution < 1.29 is 28.5 Å². The van der Waals surface area contributed by atoms with E-state index in [2.05, 4.69) is 17.5 Å². The SMILES string of the molecule is O=C(O)CCCCc1nc2cc(C(O)NC3CCOc4cc(F)c(F)cc43)ccc2nc1C1C=CC=CCC1. The largest absolute Gasteiger partial charge is 0.493 e. The minimum Gasteiger partial charge on any atom is -0.493 e. The lowest BCUT2D eigenvalue weighted by atomic mass is 9.95. The zero-order valence-corrected chi connectivity index (χ0v) is 21.4. The van der Waals surface area contributed by atoms with Gasteiger partial charge in [-0.05, 0) is 55.9 Å². The van der Waals surface area contributed by atoms with Crippen LogP contribution in [0.4, 0.5) is 8.78 Å². The number of hydrogen-bond donors (Lipinski definition) is 3. The number of carboxylic acid groups (broad SMARTS) is 1. The van der Waals surface area contributed by atoms with Crippen molar-refractivity contribution >= 4 is 17.0 Å². The van der Waals surface area contributed by atoms with Crippen LogP contribution in [0.25, 0.3) is 11.0 Å². The normalized spacial score (nSPS) is 19.4. The van der Waals surface area contributed by atoms with Crippen LogP contribution in [0.5, 0.6) is 5.75 Å². The lowest BCUT2D eigenvalue weighted by molar-refractivity contribution is -0.137. The van der Waals surface area contributed by atoms with Crippen LogP contribution in [0.3, 0.4) is 0 Å². The number of nitrogens with zero attached hydrogens (tertiary/aromatic N) is 2. The fourth-order valence-corrected chi connectivity index (χ4v) is 5.16. The summed E-state index contributed by atoms with van der Waals surface area (Å²) >= 11 is 0. The number of aliphatic hydroxyl groups is 1. The molecule has 0 bridgehead atoms. The molecule has 2 heterocycles. The summed E-state index contributed by atoms with van der Waals surface area (Å²) in [5, 5.41) is 23.1. The lowest BCUT2D eigenvalue weighted by Gasteiger charge is -2.29. The Hall–Kier alpha value is -3.69. The van der Waals surface area contributed by atoms with Gasteiger partial charge in [0.05, 0.1) is 29.0 Å². The van der Waals surface area contributed by atoms with E-state index in [0.29, 0.717) is 54.5 Å². The van der Waals surface area contributed by atoms with Gasteiger partial charge < -0.3 is 14.9 Å². The number of ether oxygens (including phenoxy) is 1. The Bertz CT molecular complexity index is 1430. The number of aliphatic carboxylic acids is 1. The average Bonchev–Trinajstić information content (AvgIpc) is 3.21. The number of carboxylic acids is 1. The van der Waals surface area contributed by atoms with Crippen LogP contribution in [-0.2, 0) is 11.2 Å². The first-order valence-electron chi connectivity index (χ1n) is 13.3. The molecule has 0 saturated heterocycles. The molecular formula is C30H31F2N3O4. The number of rotatable bonds is 9. The highest BCUT2D eigenvalue weighted by Crippen LogP contribution is 2.35. The number of fused-ring (bicyclic) bond motifs is 2. The highest BCUT2D eigenvalue weighted by molar-refractivity contribution is 5.75. The monoisotopic (exact) mass is 535 g/mol. The summed E-state index contributed by atoms with van der Waals surface area (Å²) in [6.07, 6.45) is 11.5. The summed E-state index contributed by atoms with van der Waals surface area (Å²) in [7, 11) is 0. The Labute approximate surface area is 225 Å². The Morgan fingerprint density at radius 3 is 2.77 bits per heavy atom. The van der Waals surface area contributed by atoms with Crippen molar-refractivity contribution in [2.75, 3.05) is 6.61 Å². The number of aryl methyl sites for hydroxylation is 1. The van der Waals surface area contributed by atoms with E-state index in [-0.39, 0.29) is 18.1 Å². The zero-order valence-electron chi connectivity index (χ0n) is 21.4. The van der Waals surface area contributed by atoms with E-state index >= 15 is 0 Å². The summed E-state index contributed by atoms with van der Waals surface area (Å²) in [5.41, 5.74) is 4.09. The van der Waals surface area contributed by atoms with Crippen LogP contribution in [-0.4, -0.2) is 32.8 Å². The number of hydrogen-bond acceptors (Lipinski definition) is 6. The predicted octanol–water partition coefficient (Wildman–Crippen LogP) is 5.80. The zero-order chi connectivity index (χ0) is 27.4. The van der Waals surface area contributed by atoms with Crippen LogP contribution in [0, 0.1) is 11.6 Å². The molecule has 1 aromatic heterocycles. The maximum Gasteiger partial charge on any atom is 0.303 e.